The molecule has 0 radical (unpaired) electrons. The second-order valence-corrected chi connectivity index (χ2v) is 8.23. The minimum Gasteiger partial charge on any atom is -0.494 e. The Kier molecular flexibility index (Phi) is 5.69. The molecule has 33 heavy (non-hydrogen) atoms. The van der Waals surface area contributed by atoms with Crippen LogP contribution in [0, 0.1) is 10.1 Å². The molecule has 2 aliphatic rings. The van der Waals surface area contributed by atoms with E-state index in [0.29, 0.717) is 12.2 Å². The van der Waals surface area contributed by atoms with Gasteiger partial charge in [0.1, 0.15) is 11.5 Å². The average molecular weight is 444 g/mol. The first-order valence-electron chi connectivity index (χ1n) is 11.2. The average Bonchev–Trinajstić information content (AvgIpc) is 3.30. The number of nitro benzene ring substituents is 1. The Morgan fingerprint density at radius 2 is 1.94 bits per heavy atom. The highest BCUT2D eigenvalue weighted by Gasteiger charge is 2.41. The van der Waals surface area contributed by atoms with Crippen LogP contribution in [-0.2, 0) is 0 Å². The number of ether oxygens (including phenoxy) is 2. The number of hydrogen-bond donors (Lipinski definition) is 0. The number of para-hydroxylation sites is 1. The number of rotatable bonds is 7. The third-order valence-corrected chi connectivity index (χ3v) is 6.02. The van der Waals surface area contributed by atoms with E-state index in [4.69, 9.17) is 14.6 Å². The number of fused-ring (bicyclic) bond motifs is 3. The molecule has 2 heterocycles. The first kappa shape index (κ1) is 21.0. The number of hydrazone groups is 1. The van der Waals surface area contributed by atoms with Gasteiger partial charge < -0.3 is 9.47 Å². The molecular formula is C26H25N3O4. The Labute approximate surface area is 192 Å². The quantitative estimate of drug-likeness (QED) is 0.254. The lowest BCUT2D eigenvalue weighted by atomic mass is 9.96. The standard InChI is InChI=1S/C26H25N3O4/c1-2-3-15-32-21-13-11-18(12-14-21)23-17-24-22-9-4-5-10-25(22)33-26(28(24)27-23)19-7-6-8-20(16-19)29(30)31/h4-14,16,24,26H,2-3,15,17H2,1H3. The monoisotopic (exact) mass is 443 g/mol. The van der Waals surface area contributed by atoms with Gasteiger partial charge in [0.15, 0.2) is 0 Å². The molecule has 0 fully saturated rings. The van der Waals surface area contributed by atoms with Crippen molar-refractivity contribution in [2.75, 3.05) is 6.61 Å². The van der Waals surface area contributed by atoms with Crippen molar-refractivity contribution in [1.29, 1.82) is 0 Å². The zero-order valence-corrected chi connectivity index (χ0v) is 18.4. The number of non-ortho nitro benzene ring substituents is 1. The summed E-state index contributed by atoms with van der Waals surface area (Å²) in [6.45, 7) is 2.86. The van der Waals surface area contributed by atoms with Crippen LogP contribution in [0.15, 0.2) is 77.9 Å². The van der Waals surface area contributed by atoms with Crippen molar-refractivity contribution in [1.82, 2.24) is 5.01 Å². The SMILES string of the molecule is CCCCOc1ccc(C2=NN3C(C2)c2ccccc2OC3c2cccc([N+](=O)[O-])c2)cc1. The maximum Gasteiger partial charge on any atom is 0.269 e. The Morgan fingerprint density at radius 1 is 1.12 bits per heavy atom. The number of nitrogens with zero attached hydrogens (tertiary/aromatic N) is 3. The molecule has 168 valence electrons. The first-order valence-corrected chi connectivity index (χ1v) is 11.2. The van der Waals surface area contributed by atoms with Crippen molar-refractivity contribution >= 4 is 11.4 Å². The molecule has 0 spiro atoms. The van der Waals surface area contributed by atoms with E-state index >= 15 is 0 Å². The van der Waals surface area contributed by atoms with Crippen LogP contribution in [0.25, 0.3) is 0 Å². The van der Waals surface area contributed by atoms with Gasteiger partial charge in [-0.2, -0.15) is 5.10 Å². The van der Waals surface area contributed by atoms with Gasteiger partial charge in [0.25, 0.3) is 5.69 Å². The molecule has 2 atom stereocenters. The molecule has 0 aromatic heterocycles. The summed E-state index contributed by atoms with van der Waals surface area (Å²) >= 11 is 0. The van der Waals surface area contributed by atoms with Crippen molar-refractivity contribution in [2.24, 2.45) is 5.10 Å². The van der Waals surface area contributed by atoms with Gasteiger partial charge in [0.05, 0.1) is 23.3 Å². The van der Waals surface area contributed by atoms with E-state index in [9.17, 15) is 10.1 Å². The highest BCUT2D eigenvalue weighted by Crippen LogP contribution is 2.47. The Hall–Kier alpha value is -3.87. The molecule has 0 N–H and O–H groups in total. The van der Waals surface area contributed by atoms with Gasteiger partial charge in [-0.3, -0.25) is 10.1 Å². The van der Waals surface area contributed by atoms with Gasteiger partial charge in [0, 0.05) is 29.7 Å². The summed E-state index contributed by atoms with van der Waals surface area (Å²) in [5.41, 5.74) is 3.79. The molecular weight excluding hydrogens is 418 g/mol. The zero-order chi connectivity index (χ0) is 22.8. The van der Waals surface area contributed by atoms with Crippen molar-refractivity contribution in [3.8, 4) is 11.5 Å². The predicted molar refractivity (Wildman–Crippen MR) is 125 cm³/mol. The molecule has 0 aliphatic carbocycles. The highest BCUT2D eigenvalue weighted by molar-refractivity contribution is 6.02. The van der Waals surface area contributed by atoms with Crippen LogP contribution in [0.2, 0.25) is 0 Å². The largest absolute Gasteiger partial charge is 0.494 e. The van der Waals surface area contributed by atoms with Crippen molar-refractivity contribution in [2.45, 2.75) is 38.5 Å². The minimum absolute atomic E-state index is 0.00491. The van der Waals surface area contributed by atoms with Crippen LogP contribution < -0.4 is 9.47 Å². The molecule has 0 saturated carbocycles. The normalized spacial score (nSPS) is 18.7. The first-order chi connectivity index (χ1) is 16.1. The molecule has 7 heteroatoms. The minimum atomic E-state index is -0.543. The van der Waals surface area contributed by atoms with Gasteiger partial charge >= 0.3 is 0 Å². The van der Waals surface area contributed by atoms with Crippen molar-refractivity contribution in [3.63, 3.8) is 0 Å². The third kappa shape index (κ3) is 4.14. The summed E-state index contributed by atoms with van der Waals surface area (Å²) in [6.07, 6.45) is 2.31. The van der Waals surface area contributed by atoms with Crippen LogP contribution in [0.5, 0.6) is 11.5 Å². The van der Waals surface area contributed by atoms with E-state index in [1.807, 2.05) is 53.5 Å². The Balaban J connectivity index is 1.47. The second-order valence-electron chi connectivity index (χ2n) is 8.23. The number of nitro groups is 1. The fourth-order valence-corrected chi connectivity index (χ4v) is 4.30. The van der Waals surface area contributed by atoms with E-state index in [2.05, 4.69) is 13.0 Å². The molecule has 0 saturated heterocycles. The second kappa shape index (κ2) is 8.94. The summed E-state index contributed by atoms with van der Waals surface area (Å²) in [4.78, 5) is 10.9. The summed E-state index contributed by atoms with van der Waals surface area (Å²) in [6, 6.07) is 22.5. The smallest absolute Gasteiger partial charge is 0.269 e. The van der Waals surface area contributed by atoms with Gasteiger partial charge in [-0.15, -0.1) is 0 Å². The predicted octanol–water partition coefficient (Wildman–Crippen LogP) is 6.02. The van der Waals surface area contributed by atoms with E-state index in [1.165, 1.54) is 6.07 Å². The van der Waals surface area contributed by atoms with Gasteiger partial charge in [-0.05, 0) is 42.3 Å². The van der Waals surface area contributed by atoms with Crippen LogP contribution in [0.1, 0.15) is 55.1 Å². The Bertz CT molecular complexity index is 1190. The lowest BCUT2D eigenvalue weighted by Crippen LogP contribution is -2.33. The molecule has 5 rings (SSSR count). The van der Waals surface area contributed by atoms with Crippen LogP contribution in [0.4, 0.5) is 5.69 Å². The summed E-state index contributed by atoms with van der Waals surface area (Å²) in [7, 11) is 0. The Morgan fingerprint density at radius 3 is 2.73 bits per heavy atom. The van der Waals surface area contributed by atoms with Crippen molar-refractivity contribution in [3.05, 3.63) is 99.6 Å². The lowest BCUT2D eigenvalue weighted by Gasteiger charge is -2.38. The van der Waals surface area contributed by atoms with Crippen molar-refractivity contribution < 1.29 is 14.4 Å². The zero-order valence-electron chi connectivity index (χ0n) is 18.4. The van der Waals surface area contributed by atoms with Gasteiger partial charge in [-0.25, -0.2) is 5.01 Å². The molecule has 2 unspecified atom stereocenters. The van der Waals surface area contributed by atoms with E-state index < -0.39 is 6.23 Å². The molecule has 3 aromatic rings. The lowest BCUT2D eigenvalue weighted by molar-refractivity contribution is -0.385. The summed E-state index contributed by atoms with van der Waals surface area (Å²) in [5, 5.41) is 18.2. The molecule has 2 aliphatic heterocycles. The number of hydrogen-bond acceptors (Lipinski definition) is 6. The molecule has 7 nitrogen and oxygen atoms in total. The maximum absolute atomic E-state index is 11.3. The van der Waals surface area contributed by atoms with E-state index in [1.54, 1.807) is 12.1 Å². The number of benzene rings is 3. The highest BCUT2D eigenvalue weighted by atomic mass is 16.6. The fraction of sp³-hybridized carbons (Fsp3) is 0.269. The third-order valence-electron chi connectivity index (χ3n) is 6.02. The number of unbranched alkanes of at least 4 members (excludes halogenated alkanes) is 1. The van der Waals surface area contributed by atoms with Crippen LogP contribution in [-0.4, -0.2) is 22.3 Å². The van der Waals surface area contributed by atoms with Crippen LogP contribution in [0.3, 0.4) is 0 Å². The fourth-order valence-electron chi connectivity index (χ4n) is 4.30. The van der Waals surface area contributed by atoms with Gasteiger partial charge in [0.2, 0.25) is 6.23 Å². The molecule has 0 amide bonds. The maximum atomic E-state index is 11.3. The van der Waals surface area contributed by atoms with E-state index in [0.717, 1.165) is 47.6 Å². The molecule has 0 bridgehead atoms. The van der Waals surface area contributed by atoms with Gasteiger partial charge in [-0.1, -0.05) is 43.7 Å². The summed E-state index contributed by atoms with van der Waals surface area (Å²) in [5.74, 6) is 1.64. The summed E-state index contributed by atoms with van der Waals surface area (Å²) < 4.78 is 12.1. The topological polar surface area (TPSA) is 77.2 Å². The van der Waals surface area contributed by atoms with Crippen LogP contribution >= 0.6 is 0 Å². The van der Waals surface area contributed by atoms with E-state index in [-0.39, 0.29) is 16.7 Å². The molecule has 3 aromatic carbocycles.